The largest absolute Gasteiger partial charge is 0.297 e. The molecule has 0 atom stereocenters. The van der Waals surface area contributed by atoms with Crippen molar-refractivity contribution in [3.05, 3.63) is 77.0 Å². The van der Waals surface area contributed by atoms with Gasteiger partial charge in [0.1, 0.15) is 0 Å². The van der Waals surface area contributed by atoms with Crippen molar-refractivity contribution in [3.8, 4) is 11.3 Å². The Balaban J connectivity index is 1.23. The van der Waals surface area contributed by atoms with Gasteiger partial charge in [-0.3, -0.25) is 14.9 Å². The fraction of sp³-hybridized carbons (Fsp3) is 0.348. The van der Waals surface area contributed by atoms with Crippen molar-refractivity contribution >= 4 is 0 Å². The van der Waals surface area contributed by atoms with Crippen LogP contribution in [0, 0.1) is 0 Å². The number of aromatic nitrogens is 2. The van der Waals surface area contributed by atoms with Crippen LogP contribution in [0.1, 0.15) is 22.4 Å². The summed E-state index contributed by atoms with van der Waals surface area (Å²) in [6, 6.07) is 19.5. The first-order chi connectivity index (χ1) is 13.4. The molecule has 2 aliphatic rings. The number of aromatic amines is 1. The van der Waals surface area contributed by atoms with Crippen LogP contribution in [0.2, 0.25) is 0 Å². The Bertz CT molecular complexity index is 907. The summed E-state index contributed by atoms with van der Waals surface area (Å²) < 4.78 is 0. The minimum absolute atomic E-state index is 0.965. The van der Waals surface area contributed by atoms with Crippen LogP contribution in [0.5, 0.6) is 0 Å². The van der Waals surface area contributed by atoms with Crippen LogP contribution < -0.4 is 0 Å². The van der Waals surface area contributed by atoms with Crippen LogP contribution in [0.4, 0.5) is 0 Å². The van der Waals surface area contributed by atoms with Crippen molar-refractivity contribution in [2.45, 2.75) is 25.9 Å². The van der Waals surface area contributed by atoms with Gasteiger partial charge in [0, 0.05) is 50.4 Å². The van der Waals surface area contributed by atoms with Crippen molar-refractivity contribution in [3.63, 3.8) is 0 Å². The van der Waals surface area contributed by atoms with Gasteiger partial charge in [0.05, 0.1) is 11.4 Å². The molecule has 1 N–H and O–H groups in total. The van der Waals surface area contributed by atoms with Crippen molar-refractivity contribution in [1.82, 2.24) is 20.0 Å². The second-order valence-electron chi connectivity index (χ2n) is 7.72. The van der Waals surface area contributed by atoms with E-state index in [4.69, 9.17) is 5.10 Å². The number of hydrogen-bond acceptors (Lipinski definition) is 3. The molecule has 1 aliphatic heterocycles. The molecule has 27 heavy (non-hydrogen) atoms. The second kappa shape index (κ2) is 7.29. The molecule has 0 spiro atoms. The van der Waals surface area contributed by atoms with E-state index in [0.29, 0.717) is 0 Å². The molecule has 4 heteroatoms. The summed E-state index contributed by atoms with van der Waals surface area (Å²) in [5.41, 5.74) is 8.11. The highest BCUT2D eigenvalue weighted by Gasteiger charge is 2.24. The van der Waals surface area contributed by atoms with E-state index in [0.717, 1.165) is 52.1 Å². The molecule has 4 nitrogen and oxygen atoms in total. The molecular formula is C23H26N4. The first-order valence-corrected chi connectivity index (χ1v) is 10.00. The van der Waals surface area contributed by atoms with Crippen LogP contribution in [0.25, 0.3) is 11.3 Å². The Morgan fingerprint density at radius 2 is 1.48 bits per heavy atom. The van der Waals surface area contributed by atoms with Gasteiger partial charge >= 0.3 is 0 Å². The summed E-state index contributed by atoms with van der Waals surface area (Å²) in [5, 5.41) is 8.02. The third-order valence-electron chi connectivity index (χ3n) is 5.97. The maximum absolute atomic E-state index is 4.70. The monoisotopic (exact) mass is 358 g/mol. The number of hydrogen-bond donors (Lipinski definition) is 1. The Hall–Kier alpha value is -2.43. The number of benzene rings is 2. The first-order valence-electron chi connectivity index (χ1n) is 10.00. The third-order valence-corrected chi connectivity index (χ3v) is 5.97. The molecule has 138 valence electrons. The summed E-state index contributed by atoms with van der Waals surface area (Å²) in [5.74, 6) is 0. The van der Waals surface area contributed by atoms with Gasteiger partial charge in [0.15, 0.2) is 0 Å². The third kappa shape index (κ3) is 3.43. The molecule has 3 aromatic rings. The number of nitrogens with one attached hydrogen (secondary N) is 1. The topological polar surface area (TPSA) is 35.2 Å². The van der Waals surface area contributed by atoms with Gasteiger partial charge in [-0.05, 0) is 24.0 Å². The summed E-state index contributed by atoms with van der Waals surface area (Å²) >= 11 is 0. The molecule has 0 amide bonds. The predicted octanol–water partition coefficient (Wildman–Crippen LogP) is 3.49. The average molecular weight is 358 g/mol. The maximum atomic E-state index is 4.70. The number of rotatable bonds is 4. The SMILES string of the molecule is c1ccc(CN2CCN(Cc3n[nH]c4c3CCc3ccccc3-4)CC2)cc1. The Morgan fingerprint density at radius 1 is 0.778 bits per heavy atom. The van der Waals surface area contributed by atoms with Crippen molar-refractivity contribution < 1.29 is 0 Å². The lowest BCUT2D eigenvalue weighted by Gasteiger charge is -2.34. The molecule has 1 aromatic heterocycles. The molecule has 0 unspecified atom stereocenters. The van der Waals surface area contributed by atoms with Crippen molar-refractivity contribution in [2.24, 2.45) is 0 Å². The van der Waals surface area contributed by atoms with Gasteiger partial charge in [-0.25, -0.2) is 0 Å². The minimum atomic E-state index is 0.965. The van der Waals surface area contributed by atoms with E-state index >= 15 is 0 Å². The molecule has 0 saturated carbocycles. The molecule has 0 bridgehead atoms. The van der Waals surface area contributed by atoms with Gasteiger partial charge in [0.2, 0.25) is 0 Å². The molecule has 1 aliphatic carbocycles. The van der Waals surface area contributed by atoms with E-state index in [1.807, 2.05) is 0 Å². The lowest BCUT2D eigenvalue weighted by Crippen LogP contribution is -2.45. The van der Waals surface area contributed by atoms with Gasteiger partial charge in [-0.15, -0.1) is 0 Å². The van der Waals surface area contributed by atoms with Crippen LogP contribution >= 0.6 is 0 Å². The van der Waals surface area contributed by atoms with Crippen molar-refractivity contribution in [1.29, 1.82) is 0 Å². The molecular weight excluding hydrogens is 332 g/mol. The summed E-state index contributed by atoms with van der Waals surface area (Å²) in [7, 11) is 0. The Labute approximate surface area is 160 Å². The Kier molecular flexibility index (Phi) is 4.52. The van der Waals surface area contributed by atoms with Crippen LogP contribution in [0.3, 0.4) is 0 Å². The van der Waals surface area contributed by atoms with E-state index in [9.17, 15) is 0 Å². The normalized spacial score (nSPS) is 17.5. The quantitative estimate of drug-likeness (QED) is 0.775. The predicted molar refractivity (Wildman–Crippen MR) is 108 cm³/mol. The average Bonchev–Trinajstić information content (AvgIpc) is 3.13. The van der Waals surface area contributed by atoms with Gasteiger partial charge in [-0.1, -0.05) is 54.6 Å². The van der Waals surface area contributed by atoms with Gasteiger partial charge in [0.25, 0.3) is 0 Å². The van der Waals surface area contributed by atoms with Crippen molar-refractivity contribution in [2.75, 3.05) is 26.2 Å². The molecule has 2 heterocycles. The zero-order valence-electron chi connectivity index (χ0n) is 15.7. The van der Waals surface area contributed by atoms with E-state index < -0.39 is 0 Å². The van der Waals surface area contributed by atoms with E-state index in [1.54, 1.807) is 0 Å². The number of piperazine rings is 1. The van der Waals surface area contributed by atoms with E-state index in [-0.39, 0.29) is 0 Å². The molecule has 1 saturated heterocycles. The summed E-state index contributed by atoms with van der Waals surface area (Å²) in [6.07, 6.45) is 2.23. The molecule has 2 aromatic carbocycles. The summed E-state index contributed by atoms with van der Waals surface area (Å²) in [6.45, 7) is 6.52. The van der Waals surface area contributed by atoms with E-state index in [2.05, 4.69) is 69.5 Å². The lowest BCUT2D eigenvalue weighted by molar-refractivity contribution is 0.121. The highest BCUT2D eigenvalue weighted by Crippen LogP contribution is 2.33. The van der Waals surface area contributed by atoms with Gasteiger partial charge < -0.3 is 0 Å². The minimum Gasteiger partial charge on any atom is -0.297 e. The van der Waals surface area contributed by atoms with Gasteiger partial charge in [-0.2, -0.15) is 5.10 Å². The molecule has 1 fully saturated rings. The fourth-order valence-corrected chi connectivity index (χ4v) is 4.43. The lowest BCUT2D eigenvalue weighted by atomic mass is 9.89. The van der Waals surface area contributed by atoms with Crippen LogP contribution in [-0.4, -0.2) is 46.2 Å². The first kappa shape index (κ1) is 16.7. The Morgan fingerprint density at radius 3 is 2.30 bits per heavy atom. The second-order valence-corrected chi connectivity index (χ2v) is 7.72. The fourth-order valence-electron chi connectivity index (χ4n) is 4.43. The zero-order chi connectivity index (χ0) is 18.1. The molecule has 0 radical (unpaired) electrons. The number of H-pyrrole nitrogens is 1. The van der Waals surface area contributed by atoms with Crippen LogP contribution in [-0.2, 0) is 25.9 Å². The number of aryl methyl sites for hydroxylation is 1. The summed E-state index contributed by atoms with van der Waals surface area (Å²) in [4.78, 5) is 5.11. The highest BCUT2D eigenvalue weighted by molar-refractivity contribution is 5.70. The van der Waals surface area contributed by atoms with Crippen LogP contribution in [0.15, 0.2) is 54.6 Å². The highest BCUT2D eigenvalue weighted by atomic mass is 15.3. The smallest absolute Gasteiger partial charge is 0.0800 e. The number of fused-ring (bicyclic) bond motifs is 3. The van der Waals surface area contributed by atoms with E-state index in [1.165, 1.54) is 33.6 Å². The standard InChI is InChI=1S/C23H26N4/c1-2-6-18(7-3-1)16-26-12-14-27(15-13-26)17-22-21-11-10-19-8-4-5-9-20(19)23(21)25-24-22/h1-9H,10-17H2,(H,24,25). The molecule has 5 rings (SSSR count). The zero-order valence-corrected chi connectivity index (χ0v) is 15.7. The number of nitrogens with zero attached hydrogens (tertiary/aromatic N) is 3. The maximum Gasteiger partial charge on any atom is 0.0800 e.